The van der Waals surface area contributed by atoms with Crippen molar-refractivity contribution in [2.45, 2.75) is 19.0 Å². The quantitative estimate of drug-likeness (QED) is 0.345. The fourth-order valence-electron chi connectivity index (χ4n) is 3.97. The van der Waals surface area contributed by atoms with Crippen molar-refractivity contribution >= 4 is 53.1 Å². The van der Waals surface area contributed by atoms with Crippen molar-refractivity contribution in [1.29, 1.82) is 0 Å². The highest BCUT2D eigenvalue weighted by molar-refractivity contribution is 14.0. The molecule has 0 saturated carbocycles. The summed E-state index contributed by atoms with van der Waals surface area (Å²) >= 11 is 2.05. The number of nitrogens with zero attached hydrogens (tertiary/aromatic N) is 3. The minimum Gasteiger partial charge on any atom is -0.370 e. The molecule has 0 amide bonds. The largest absolute Gasteiger partial charge is 0.370 e. The van der Waals surface area contributed by atoms with Gasteiger partial charge in [0.25, 0.3) is 0 Å². The van der Waals surface area contributed by atoms with Crippen molar-refractivity contribution in [3.8, 4) is 0 Å². The molecule has 2 aliphatic heterocycles. The molecule has 2 fully saturated rings. The smallest absolute Gasteiger partial charge is 0.191 e. The number of aliphatic imine (C=N–C) groups is 1. The second-order valence-electron chi connectivity index (χ2n) is 7.60. The van der Waals surface area contributed by atoms with E-state index in [1.54, 1.807) is 0 Å². The van der Waals surface area contributed by atoms with Gasteiger partial charge in [0.1, 0.15) is 0 Å². The van der Waals surface area contributed by atoms with E-state index in [0.29, 0.717) is 6.04 Å². The number of halogens is 1. The zero-order valence-electron chi connectivity index (χ0n) is 17.6. The Balaban J connectivity index is 0.00000256. The molecule has 7 heteroatoms. The van der Waals surface area contributed by atoms with Gasteiger partial charge in [-0.1, -0.05) is 30.3 Å². The van der Waals surface area contributed by atoms with Crippen LogP contribution in [0.1, 0.15) is 12.0 Å². The average Bonchev–Trinajstić information content (AvgIpc) is 3.27. The van der Waals surface area contributed by atoms with Gasteiger partial charge in [-0.25, -0.2) is 0 Å². The van der Waals surface area contributed by atoms with E-state index in [-0.39, 0.29) is 24.0 Å². The maximum atomic E-state index is 4.42. The predicted octanol–water partition coefficient (Wildman–Crippen LogP) is 3.80. The number of nitrogens with one attached hydrogen (secondary N) is 2. The summed E-state index contributed by atoms with van der Waals surface area (Å²) in [6.07, 6.45) is 1.12. The molecule has 2 heterocycles. The second-order valence-corrected chi connectivity index (χ2v) is 8.83. The van der Waals surface area contributed by atoms with E-state index in [1.165, 1.54) is 28.4 Å². The van der Waals surface area contributed by atoms with Crippen LogP contribution in [0, 0.1) is 0 Å². The maximum absolute atomic E-state index is 4.42. The molecule has 1 atom stereocenters. The highest BCUT2D eigenvalue weighted by atomic mass is 127. The predicted molar refractivity (Wildman–Crippen MR) is 142 cm³/mol. The van der Waals surface area contributed by atoms with Crippen molar-refractivity contribution in [1.82, 2.24) is 10.6 Å². The third-order valence-electron chi connectivity index (χ3n) is 5.65. The van der Waals surface area contributed by atoms with Gasteiger partial charge in [0, 0.05) is 68.7 Å². The van der Waals surface area contributed by atoms with E-state index in [4.69, 9.17) is 0 Å². The van der Waals surface area contributed by atoms with E-state index < -0.39 is 0 Å². The zero-order chi connectivity index (χ0) is 19.9. The molecule has 2 aromatic carbocycles. The third-order valence-corrected chi connectivity index (χ3v) is 6.59. The lowest BCUT2D eigenvalue weighted by molar-refractivity contribution is 0.648. The maximum Gasteiger partial charge on any atom is 0.191 e. The molecule has 0 aliphatic carbocycles. The van der Waals surface area contributed by atoms with Crippen molar-refractivity contribution < 1.29 is 0 Å². The van der Waals surface area contributed by atoms with Gasteiger partial charge in [-0.15, -0.1) is 24.0 Å². The van der Waals surface area contributed by atoms with Crippen molar-refractivity contribution in [3.05, 3.63) is 60.2 Å². The van der Waals surface area contributed by atoms with Gasteiger partial charge in [0.05, 0.1) is 0 Å². The molecule has 5 nitrogen and oxygen atoms in total. The summed E-state index contributed by atoms with van der Waals surface area (Å²) in [4.78, 5) is 9.33. The van der Waals surface area contributed by atoms with Crippen LogP contribution in [0.15, 0.2) is 59.6 Å². The molecule has 30 heavy (non-hydrogen) atoms. The van der Waals surface area contributed by atoms with Crippen LogP contribution in [0.3, 0.4) is 0 Å². The molecule has 2 N–H and O–H groups in total. The van der Waals surface area contributed by atoms with Gasteiger partial charge in [0.2, 0.25) is 0 Å². The highest BCUT2D eigenvalue weighted by Crippen LogP contribution is 2.21. The molecule has 2 aromatic rings. The molecule has 0 bridgehead atoms. The Hall–Kier alpha value is -1.61. The number of benzene rings is 2. The fraction of sp³-hybridized carbons (Fsp3) is 0.435. The minimum atomic E-state index is 0. The number of para-hydroxylation sites is 1. The summed E-state index contributed by atoms with van der Waals surface area (Å²) in [5, 5.41) is 7.06. The number of guanidine groups is 1. The fourth-order valence-corrected chi connectivity index (χ4v) is 4.87. The van der Waals surface area contributed by atoms with Gasteiger partial charge in [0.15, 0.2) is 5.96 Å². The summed E-state index contributed by atoms with van der Waals surface area (Å²) in [5.41, 5.74) is 3.91. The zero-order valence-corrected chi connectivity index (χ0v) is 20.7. The van der Waals surface area contributed by atoms with E-state index in [9.17, 15) is 0 Å². The molecule has 0 spiro atoms. The lowest BCUT2D eigenvalue weighted by Crippen LogP contribution is -2.44. The summed E-state index contributed by atoms with van der Waals surface area (Å²) < 4.78 is 0. The summed E-state index contributed by atoms with van der Waals surface area (Å²) in [6.45, 7) is 5.17. The lowest BCUT2D eigenvalue weighted by Gasteiger charge is -2.28. The average molecular weight is 538 g/mol. The Morgan fingerprint density at radius 2 is 1.67 bits per heavy atom. The van der Waals surface area contributed by atoms with Crippen LogP contribution in [-0.2, 0) is 6.54 Å². The van der Waals surface area contributed by atoms with Crippen molar-refractivity contribution in [2.75, 3.05) is 54.5 Å². The molecular formula is C23H32IN5S. The van der Waals surface area contributed by atoms with Gasteiger partial charge < -0.3 is 20.4 Å². The number of hydrogen-bond donors (Lipinski definition) is 2. The van der Waals surface area contributed by atoms with Gasteiger partial charge in [-0.05, 0) is 36.2 Å². The van der Waals surface area contributed by atoms with Crippen LogP contribution in [0.25, 0.3) is 0 Å². The van der Waals surface area contributed by atoms with E-state index >= 15 is 0 Å². The summed E-state index contributed by atoms with van der Waals surface area (Å²) in [7, 11) is 1.84. The third kappa shape index (κ3) is 6.20. The lowest BCUT2D eigenvalue weighted by atomic mass is 10.2. The minimum absolute atomic E-state index is 0. The summed E-state index contributed by atoms with van der Waals surface area (Å²) in [6, 6.07) is 20.0. The van der Waals surface area contributed by atoms with Crippen LogP contribution >= 0.6 is 35.7 Å². The van der Waals surface area contributed by atoms with Crippen molar-refractivity contribution in [2.24, 2.45) is 4.99 Å². The molecule has 1 unspecified atom stereocenters. The van der Waals surface area contributed by atoms with Gasteiger partial charge >= 0.3 is 0 Å². The van der Waals surface area contributed by atoms with E-state index in [0.717, 1.165) is 45.1 Å². The normalized spacial score (nSPS) is 19.4. The standard InChI is InChI=1S/C23H31N5S.HI/c1-24-23(26-20-11-12-28(18-20)21-5-3-2-4-6-21)25-17-19-7-9-22(10-8-19)27-13-15-29-16-14-27;/h2-10,20H,11-18H2,1H3,(H2,24,25,26);1H. The number of thioether (sulfide) groups is 1. The Kier molecular flexibility index (Phi) is 8.99. The van der Waals surface area contributed by atoms with Crippen LogP contribution in [0.5, 0.6) is 0 Å². The van der Waals surface area contributed by atoms with E-state index in [2.05, 4.69) is 80.0 Å². The molecule has 2 saturated heterocycles. The monoisotopic (exact) mass is 537 g/mol. The SMILES string of the molecule is CN=C(NCc1ccc(N2CCSCC2)cc1)NC1CCN(c2ccccc2)C1.I. The Morgan fingerprint density at radius 3 is 2.37 bits per heavy atom. The second kappa shape index (κ2) is 11.7. The number of rotatable bonds is 5. The first kappa shape index (κ1) is 23.1. The molecule has 2 aliphatic rings. The molecule has 162 valence electrons. The first-order valence-corrected chi connectivity index (χ1v) is 11.7. The summed E-state index contributed by atoms with van der Waals surface area (Å²) in [5.74, 6) is 3.34. The van der Waals surface area contributed by atoms with Gasteiger partial charge in [-0.2, -0.15) is 11.8 Å². The highest BCUT2D eigenvalue weighted by Gasteiger charge is 2.23. The first-order chi connectivity index (χ1) is 14.3. The molecule has 0 aromatic heterocycles. The first-order valence-electron chi connectivity index (χ1n) is 10.5. The van der Waals surface area contributed by atoms with E-state index in [1.807, 2.05) is 18.8 Å². The van der Waals surface area contributed by atoms with Crippen LogP contribution in [0.4, 0.5) is 11.4 Å². The van der Waals surface area contributed by atoms with Crippen LogP contribution in [0.2, 0.25) is 0 Å². The van der Waals surface area contributed by atoms with Gasteiger partial charge in [-0.3, -0.25) is 4.99 Å². The molecule has 4 rings (SSSR count). The number of hydrogen-bond acceptors (Lipinski definition) is 4. The van der Waals surface area contributed by atoms with Crippen molar-refractivity contribution in [3.63, 3.8) is 0 Å². The Bertz CT molecular complexity index is 793. The number of anilines is 2. The molecular weight excluding hydrogens is 505 g/mol. The van der Waals surface area contributed by atoms with Crippen LogP contribution in [-0.4, -0.2) is 56.7 Å². The molecule has 0 radical (unpaired) electrons. The van der Waals surface area contributed by atoms with Crippen LogP contribution < -0.4 is 20.4 Å². The Morgan fingerprint density at radius 1 is 0.967 bits per heavy atom. The Labute approximate surface area is 201 Å². The topological polar surface area (TPSA) is 42.9 Å².